The van der Waals surface area contributed by atoms with Crippen LogP contribution in [0.3, 0.4) is 0 Å². The number of ether oxygens (including phenoxy) is 1. The highest BCUT2D eigenvalue weighted by Crippen LogP contribution is 2.24. The van der Waals surface area contributed by atoms with Crippen LogP contribution in [0.1, 0.15) is 38.3 Å². The van der Waals surface area contributed by atoms with E-state index >= 15 is 0 Å². The van der Waals surface area contributed by atoms with E-state index in [-0.39, 0.29) is 18.6 Å². The van der Waals surface area contributed by atoms with Crippen LogP contribution in [0.5, 0.6) is 5.75 Å². The molecule has 1 aliphatic rings. The minimum Gasteiger partial charge on any atom is -0.484 e. The van der Waals surface area contributed by atoms with Crippen LogP contribution in [-0.4, -0.2) is 25.6 Å². The number of carbonyl (C=O) groups is 1. The van der Waals surface area contributed by atoms with Crippen LogP contribution in [0.4, 0.5) is 5.69 Å². The first kappa shape index (κ1) is 19.6. The molecule has 3 rings (SSSR count). The number of rotatable bonds is 6. The van der Waals surface area contributed by atoms with Crippen molar-refractivity contribution in [2.45, 2.75) is 32.7 Å². The number of anilines is 1. The third-order valence-corrected chi connectivity index (χ3v) is 5.19. The molecule has 0 aromatic heterocycles. The summed E-state index contributed by atoms with van der Waals surface area (Å²) in [6.07, 6.45) is 2.57. The highest BCUT2D eigenvalue weighted by Gasteiger charge is 2.17. The maximum Gasteiger partial charge on any atom is 0.258 e. The number of benzene rings is 2. The molecule has 1 heterocycles. The molecule has 144 valence electrons. The summed E-state index contributed by atoms with van der Waals surface area (Å²) in [6, 6.07) is 15.5. The maximum atomic E-state index is 12.2. The monoisotopic (exact) mass is 386 g/mol. The third kappa shape index (κ3) is 5.64. The van der Waals surface area contributed by atoms with E-state index in [0.717, 1.165) is 24.6 Å². The number of nitrogens with one attached hydrogen (secondary N) is 1. The van der Waals surface area contributed by atoms with Crippen LogP contribution in [-0.2, 0) is 4.79 Å². The van der Waals surface area contributed by atoms with E-state index in [0.29, 0.717) is 10.8 Å². The minimum absolute atomic E-state index is 0.0333. The van der Waals surface area contributed by atoms with Crippen LogP contribution in [0, 0.1) is 5.92 Å². The minimum atomic E-state index is -0.156. The second-order valence-corrected chi connectivity index (χ2v) is 7.76. The number of nitrogens with zero attached hydrogens (tertiary/aromatic N) is 1. The van der Waals surface area contributed by atoms with Crippen LogP contribution >= 0.6 is 11.6 Å². The van der Waals surface area contributed by atoms with Crippen molar-refractivity contribution in [1.29, 1.82) is 0 Å². The summed E-state index contributed by atoms with van der Waals surface area (Å²) in [7, 11) is 0. The fraction of sp³-hybridized carbons (Fsp3) is 0.409. The molecule has 1 fully saturated rings. The zero-order valence-electron chi connectivity index (χ0n) is 16.0. The Bertz CT molecular complexity index is 763. The third-order valence-electron chi connectivity index (χ3n) is 4.96. The number of carbonyl (C=O) groups excluding carboxylic acids is 1. The molecule has 2 aromatic rings. The summed E-state index contributed by atoms with van der Waals surface area (Å²) in [6.45, 7) is 6.50. The van der Waals surface area contributed by atoms with Crippen LogP contribution in [0.2, 0.25) is 5.02 Å². The quantitative estimate of drug-likeness (QED) is 0.772. The van der Waals surface area contributed by atoms with Crippen LogP contribution < -0.4 is 15.0 Å². The van der Waals surface area contributed by atoms with E-state index in [1.807, 2.05) is 6.92 Å². The first-order chi connectivity index (χ1) is 13.0. The Morgan fingerprint density at radius 2 is 2.07 bits per heavy atom. The van der Waals surface area contributed by atoms with Gasteiger partial charge in [-0.1, -0.05) is 36.7 Å². The standard InChI is InChI=1S/C22H27ClN2O2/c1-16-5-4-12-25(14-16)20-10-8-18(9-11-20)17(2)24-22(26)15-27-21-7-3-6-19(23)13-21/h3,6-11,13,16-17H,4-5,12,14-15H2,1-2H3,(H,24,26)/t16-,17-/m0/s1. The highest BCUT2D eigenvalue weighted by molar-refractivity contribution is 6.30. The molecular formula is C22H27ClN2O2. The van der Waals surface area contributed by atoms with Gasteiger partial charge in [0.1, 0.15) is 5.75 Å². The Hall–Kier alpha value is -2.20. The van der Waals surface area contributed by atoms with Crippen molar-refractivity contribution in [2.24, 2.45) is 5.92 Å². The zero-order chi connectivity index (χ0) is 19.2. The summed E-state index contributed by atoms with van der Waals surface area (Å²) < 4.78 is 5.49. The van der Waals surface area contributed by atoms with Gasteiger partial charge in [-0.15, -0.1) is 0 Å². The van der Waals surface area contributed by atoms with E-state index in [1.165, 1.54) is 18.5 Å². The van der Waals surface area contributed by atoms with Crippen molar-refractivity contribution in [1.82, 2.24) is 5.32 Å². The van der Waals surface area contributed by atoms with Gasteiger partial charge < -0.3 is 15.0 Å². The molecule has 1 amide bonds. The van der Waals surface area contributed by atoms with Gasteiger partial charge in [-0.3, -0.25) is 4.79 Å². The normalized spacial score (nSPS) is 18.0. The van der Waals surface area contributed by atoms with Gasteiger partial charge in [-0.05, 0) is 61.6 Å². The van der Waals surface area contributed by atoms with Gasteiger partial charge in [0, 0.05) is 23.8 Å². The Balaban J connectivity index is 1.51. The fourth-order valence-electron chi connectivity index (χ4n) is 3.47. The topological polar surface area (TPSA) is 41.6 Å². The molecule has 27 heavy (non-hydrogen) atoms. The largest absolute Gasteiger partial charge is 0.484 e. The summed E-state index contributed by atoms with van der Waals surface area (Å²) >= 11 is 5.92. The SMILES string of the molecule is C[C@H]1CCCN(c2ccc([C@H](C)NC(=O)COc3cccc(Cl)c3)cc2)C1. The van der Waals surface area contributed by atoms with Gasteiger partial charge in [0.2, 0.25) is 0 Å². The van der Waals surface area contributed by atoms with Crippen molar-refractivity contribution < 1.29 is 9.53 Å². The molecule has 1 aliphatic heterocycles. The molecule has 0 bridgehead atoms. The number of piperidine rings is 1. The van der Waals surface area contributed by atoms with Gasteiger partial charge in [0.05, 0.1) is 6.04 Å². The number of hydrogen-bond acceptors (Lipinski definition) is 3. The van der Waals surface area contributed by atoms with Crippen LogP contribution in [0.15, 0.2) is 48.5 Å². The molecule has 1 N–H and O–H groups in total. The lowest BCUT2D eigenvalue weighted by Gasteiger charge is -2.33. The summed E-state index contributed by atoms with van der Waals surface area (Å²) in [5.74, 6) is 1.18. The first-order valence-electron chi connectivity index (χ1n) is 9.54. The van der Waals surface area contributed by atoms with Crippen molar-refractivity contribution in [3.63, 3.8) is 0 Å². The fourth-order valence-corrected chi connectivity index (χ4v) is 3.65. The van der Waals surface area contributed by atoms with Crippen molar-refractivity contribution in [3.8, 4) is 5.75 Å². The average molecular weight is 387 g/mol. The number of hydrogen-bond donors (Lipinski definition) is 1. The maximum absolute atomic E-state index is 12.2. The van der Waals surface area contributed by atoms with E-state index in [4.69, 9.17) is 16.3 Å². The smallest absolute Gasteiger partial charge is 0.258 e. The summed E-state index contributed by atoms with van der Waals surface area (Å²) in [5, 5.41) is 3.56. The van der Waals surface area contributed by atoms with Gasteiger partial charge in [-0.25, -0.2) is 0 Å². The van der Waals surface area contributed by atoms with Crippen molar-refractivity contribution >= 4 is 23.2 Å². The predicted octanol–water partition coefficient (Wildman–Crippen LogP) is 4.83. The molecule has 2 atom stereocenters. The van der Waals surface area contributed by atoms with E-state index in [1.54, 1.807) is 24.3 Å². The molecule has 0 saturated carbocycles. The Morgan fingerprint density at radius 1 is 1.30 bits per heavy atom. The summed E-state index contributed by atoms with van der Waals surface area (Å²) in [4.78, 5) is 14.6. The predicted molar refractivity (Wildman–Crippen MR) is 111 cm³/mol. The molecule has 0 aliphatic carbocycles. The second kappa shape index (κ2) is 9.14. The molecule has 1 saturated heterocycles. The Labute approximate surface area is 166 Å². The van der Waals surface area contributed by atoms with E-state index < -0.39 is 0 Å². The van der Waals surface area contributed by atoms with Gasteiger partial charge in [0.15, 0.2) is 6.61 Å². The molecule has 0 spiro atoms. The lowest BCUT2D eigenvalue weighted by Crippen LogP contribution is -2.34. The molecule has 4 nitrogen and oxygen atoms in total. The number of amides is 1. The Morgan fingerprint density at radius 3 is 2.78 bits per heavy atom. The summed E-state index contributed by atoms with van der Waals surface area (Å²) in [5.41, 5.74) is 2.34. The average Bonchev–Trinajstić information content (AvgIpc) is 2.66. The lowest BCUT2D eigenvalue weighted by atomic mass is 9.99. The Kier molecular flexibility index (Phi) is 6.62. The highest BCUT2D eigenvalue weighted by atomic mass is 35.5. The molecule has 5 heteroatoms. The number of halogens is 1. The zero-order valence-corrected chi connectivity index (χ0v) is 16.7. The first-order valence-corrected chi connectivity index (χ1v) is 9.91. The van der Waals surface area contributed by atoms with Crippen molar-refractivity contribution in [2.75, 3.05) is 24.6 Å². The molecule has 2 aromatic carbocycles. The van der Waals surface area contributed by atoms with E-state index in [2.05, 4.69) is 41.4 Å². The van der Waals surface area contributed by atoms with Crippen LogP contribution in [0.25, 0.3) is 0 Å². The second-order valence-electron chi connectivity index (χ2n) is 7.32. The molecule has 0 radical (unpaired) electrons. The van der Waals surface area contributed by atoms with Crippen molar-refractivity contribution in [3.05, 3.63) is 59.1 Å². The van der Waals surface area contributed by atoms with Gasteiger partial charge in [-0.2, -0.15) is 0 Å². The van der Waals surface area contributed by atoms with Gasteiger partial charge in [0.25, 0.3) is 5.91 Å². The van der Waals surface area contributed by atoms with Gasteiger partial charge >= 0.3 is 0 Å². The van der Waals surface area contributed by atoms with E-state index in [9.17, 15) is 4.79 Å². The lowest BCUT2D eigenvalue weighted by molar-refractivity contribution is -0.123. The molecule has 0 unspecified atom stereocenters. The molecular weight excluding hydrogens is 360 g/mol.